The molecule has 4 rings (SSSR count). The lowest BCUT2D eigenvalue weighted by Gasteiger charge is -2.26. The Kier molecular flexibility index (Phi) is 6.94. The van der Waals surface area contributed by atoms with Crippen molar-refractivity contribution in [2.75, 3.05) is 22.6 Å². The number of nitrogens with one attached hydrogen (secondary N) is 1. The van der Waals surface area contributed by atoms with Gasteiger partial charge in [0.2, 0.25) is 5.91 Å². The van der Waals surface area contributed by atoms with E-state index in [4.69, 9.17) is 27.9 Å². The number of aryl methyl sites for hydroxylation is 1. The van der Waals surface area contributed by atoms with Crippen LogP contribution in [0.1, 0.15) is 16.5 Å². The number of amides is 2. The summed E-state index contributed by atoms with van der Waals surface area (Å²) in [5, 5.41) is 3.61. The first kappa shape index (κ1) is 22.5. The summed E-state index contributed by atoms with van der Waals surface area (Å²) in [6, 6.07) is 19.8. The van der Waals surface area contributed by atoms with Gasteiger partial charge in [-0.1, -0.05) is 35.3 Å². The third-order valence-corrected chi connectivity index (χ3v) is 6.55. The zero-order valence-corrected chi connectivity index (χ0v) is 19.5. The first-order chi connectivity index (χ1) is 15.4. The third-order valence-electron chi connectivity index (χ3n) is 4.87. The van der Waals surface area contributed by atoms with Gasteiger partial charge in [-0.15, -0.1) is 11.8 Å². The molecule has 1 N–H and O–H groups in total. The Morgan fingerprint density at radius 3 is 2.59 bits per heavy atom. The van der Waals surface area contributed by atoms with Gasteiger partial charge in [0.25, 0.3) is 5.91 Å². The number of nitrogens with zero attached hydrogens (tertiary/aromatic N) is 1. The average molecular weight is 487 g/mol. The highest BCUT2D eigenvalue weighted by molar-refractivity contribution is 8.00. The summed E-state index contributed by atoms with van der Waals surface area (Å²) in [5.74, 6) is 0.527. The fourth-order valence-corrected chi connectivity index (χ4v) is 4.94. The van der Waals surface area contributed by atoms with E-state index in [1.54, 1.807) is 47.4 Å². The molecule has 3 aromatic carbocycles. The van der Waals surface area contributed by atoms with E-state index in [1.165, 1.54) is 11.8 Å². The molecule has 1 atom stereocenters. The van der Waals surface area contributed by atoms with Crippen LogP contribution < -0.4 is 15.0 Å². The van der Waals surface area contributed by atoms with Crippen molar-refractivity contribution in [1.29, 1.82) is 0 Å². The number of rotatable bonds is 6. The van der Waals surface area contributed by atoms with E-state index in [2.05, 4.69) is 5.32 Å². The predicted octanol–water partition coefficient (Wildman–Crippen LogP) is 6.10. The van der Waals surface area contributed by atoms with Gasteiger partial charge in [-0.3, -0.25) is 14.5 Å². The molecule has 5 nitrogen and oxygen atoms in total. The lowest BCUT2D eigenvalue weighted by Crippen LogP contribution is -2.28. The second kappa shape index (κ2) is 9.86. The van der Waals surface area contributed by atoms with E-state index >= 15 is 0 Å². The minimum absolute atomic E-state index is 0.0227. The van der Waals surface area contributed by atoms with Gasteiger partial charge in [0.1, 0.15) is 11.1 Å². The smallest absolute Gasteiger partial charge is 0.262 e. The van der Waals surface area contributed by atoms with Crippen LogP contribution in [0.25, 0.3) is 0 Å². The number of thioether (sulfide) groups is 1. The van der Waals surface area contributed by atoms with E-state index in [0.29, 0.717) is 27.2 Å². The van der Waals surface area contributed by atoms with Crippen LogP contribution in [0.15, 0.2) is 66.7 Å². The normalized spacial score (nSPS) is 15.7. The molecule has 1 heterocycles. The Hall–Kier alpha value is -2.67. The first-order valence-corrected chi connectivity index (χ1v) is 11.7. The van der Waals surface area contributed by atoms with Crippen LogP contribution >= 0.6 is 35.0 Å². The van der Waals surface area contributed by atoms with Crippen molar-refractivity contribution < 1.29 is 14.3 Å². The average Bonchev–Trinajstić information content (AvgIpc) is 3.14. The minimum Gasteiger partial charge on any atom is -0.483 e. The molecule has 0 spiro atoms. The topological polar surface area (TPSA) is 58.6 Å². The SMILES string of the molecule is Cc1cccc(NC(=O)COc2ccc(Cl)cc2[C@@H]2SCC(=O)N2c2ccc(Cl)cc2)c1. The number of benzene rings is 3. The van der Waals surface area contributed by atoms with Gasteiger partial charge in [-0.05, 0) is 67.1 Å². The van der Waals surface area contributed by atoms with Gasteiger partial charge in [0.05, 0.1) is 5.75 Å². The highest BCUT2D eigenvalue weighted by atomic mass is 35.5. The number of anilines is 2. The van der Waals surface area contributed by atoms with Crippen molar-refractivity contribution in [2.45, 2.75) is 12.3 Å². The van der Waals surface area contributed by atoms with Crippen molar-refractivity contribution in [3.05, 3.63) is 87.9 Å². The second-order valence-electron chi connectivity index (χ2n) is 7.29. The van der Waals surface area contributed by atoms with Crippen LogP contribution in [0, 0.1) is 6.92 Å². The van der Waals surface area contributed by atoms with Gasteiger partial charge < -0.3 is 10.1 Å². The van der Waals surface area contributed by atoms with Gasteiger partial charge in [0.15, 0.2) is 6.61 Å². The number of hydrogen-bond acceptors (Lipinski definition) is 4. The van der Waals surface area contributed by atoms with E-state index < -0.39 is 0 Å². The molecule has 1 fully saturated rings. The molecule has 1 aliphatic rings. The van der Waals surface area contributed by atoms with Crippen molar-refractivity contribution in [1.82, 2.24) is 0 Å². The highest BCUT2D eigenvalue weighted by Crippen LogP contribution is 2.45. The number of hydrogen-bond donors (Lipinski definition) is 1. The molecule has 8 heteroatoms. The molecule has 0 saturated carbocycles. The number of ether oxygens (including phenoxy) is 1. The van der Waals surface area contributed by atoms with Crippen LogP contribution in [0.3, 0.4) is 0 Å². The molecule has 0 bridgehead atoms. The van der Waals surface area contributed by atoms with E-state index in [0.717, 1.165) is 16.8 Å². The Morgan fingerprint density at radius 2 is 1.84 bits per heavy atom. The Balaban J connectivity index is 1.54. The minimum atomic E-state index is -0.336. The van der Waals surface area contributed by atoms with Crippen LogP contribution in [0.5, 0.6) is 5.75 Å². The number of carbonyl (C=O) groups excluding carboxylic acids is 2. The second-order valence-corrected chi connectivity index (χ2v) is 9.23. The Morgan fingerprint density at radius 1 is 1.09 bits per heavy atom. The van der Waals surface area contributed by atoms with Crippen molar-refractivity contribution in [3.8, 4) is 5.75 Å². The standard InChI is InChI=1S/C24H20Cl2N2O3S/c1-15-3-2-4-18(11-15)27-22(29)13-31-21-10-7-17(26)12-20(21)24-28(23(30)14-32-24)19-8-5-16(25)6-9-19/h2-12,24H,13-14H2,1H3,(H,27,29)/t24-/m0/s1. The molecule has 32 heavy (non-hydrogen) atoms. The fraction of sp³-hybridized carbons (Fsp3) is 0.167. The molecule has 0 unspecified atom stereocenters. The lowest BCUT2D eigenvalue weighted by molar-refractivity contribution is -0.118. The first-order valence-electron chi connectivity index (χ1n) is 9.89. The summed E-state index contributed by atoms with van der Waals surface area (Å²) in [6.07, 6.45) is 0. The summed E-state index contributed by atoms with van der Waals surface area (Å²) in [4.78, 5) is 26.8. The maximum absolute atomic E-state index is 12.7. The molecule has 0 aliphatic carbocycles. The van der Waals surface area contributed by atoms with Crippen molar-refractivity contribution in [2.24, 2.45) is 0 Å². The van der Waals surface area contributed by atoms with E-state index in [1.807, 2.05) is 31.2 Å². The quantitative estimate of drug-likeness (QED) is 0.457. The maximum atomic E-state index is 12.7. The molecular weight excluding hydrogens is 467 g/mol. The van der Waals surface area contributed by atoms with Crippen LogP contribution in [-0.4, -0.2) is 24.2 Å². The molecule has 0 radical (unpaired) electrons. The molecular formula is C24H20Cl2N2O3S. The van der Waals surface area contributed by atoms with Gasteiger partial charge in [-0.25, -0.2) is 0 Å². The molecule has 1 saturated heterocycles. The maximum Gasteiger partial charge on any atom is 0.262 e. The van der Waals surface area contributed by atoms with E-state index in [9.17, 15) is 9.59 Å². The summed E-state index contributed by atoms with van der Waals surface area (Å²) in [6.45, 7) is 1.79. The predicted molar refractivity (Wildman–Crippen MR) is 131 cm³/mol. The van der Waals surface area contributed by atoms with Crippen LogP contribution in [-0.2, 0) is 9.59 Å². The largest absolute Gasteiger partial charge is 0.483 e. The Labute approximate surface area is 200 Å². The summed E-state index contributed by atoms with van der Waals surface area (Å²) in [5.41, 5.74) is 3.22. The van der Waals surface area contributed by atoms with Crippen molar-refractivity contribution in [3.63, 3.8) is 0 Å². The molecule has 2 amide bonds. The Bertz CT molecular complexity index is 1150. The lowest BCUT2D eigenvalue weighted by atomic mass is 10.1. The number of halogens is 2. The fourth-order valence-electron chi connectivity index (χ4n) is 3.44. The zero-order valence-electron chi connectivity index (χ0n) is 17.2. The summed E-state index contributed by atoms with van der Waals surface area (Å²) < 4.78 is 5.86. The summed E-state index contributed by atoms with van der Waals surface area (Å²) in [7, 11) is 0. The highest BCUT2D eigenvalue weighted by Gasteiger charge is 2.36. The van der Waals surface area contributed by atoms with E-state index in [-0.39, 0.29) is 23.8 Å². The van der Waals surface area contributed by atoms with Gasteiger partial charge in [0, 0.05) is 27.0 Å². The molecule has 164 valence electrons. The zero-order chi connectivity index (χ0) is 22.7. The van der Waals surface area contributed by atoms with Crippen LogP contribution in [0.4, 0.5) is 11.4 Å². The third kappa shape index (κ3) is 5.21. The monoisotopic (exact) mass is 486 g/mol. The summed E-state index contributed by atoms with van der Waals surface area (Å²) >= 11 is 13.7. The molecule has 3 aromatic rings. The number of carbonyl (C=O) groups is 2. The molecule has 0 aromatic heterocycles. The van der Waals surface area contributed by atoms with Gasteiger partial charge in [-0.2, -0.15) is 0 Å². The molecule has 1 aliphatic heterocycles. The van der Waals surface area contributed by atoms with Crippen molar-refractivity contribution >= 4 is 58.2 Å². The van der Waals surface area contributed by atoms with Crippen LogP contribution in [0.2, 0.25) is 10.0 Å². The van der Waals surface area contributed by atoms with Gasteiger partial charge >= 0.3 is 0 Å².